The average Bonchev–Trinajstić information content (AvgIpc) is 3.19. The molecular formula is C16H20ClF3N2O2. The lowest BCUT2D eigenvalue weighted by molar-refractivity contribution is -0.153. The second kappa shape index (κ2) is 7.19. The van der Waals surface area contributed by atoms with Gasteiger partial charge in [0.05, 0.1) is 5.69 Å². The lowest BCUT2D eigenvalue weighted by Gasteiger charge is -2.23. The number of carbonyl (C=O) groups excluding carboxylic acids is 1. The van der Waals surface area contributed by atoms with Crippen molar-refractivity contribution in [3.8, 4) is 5.75 Å². The average molecular weight is 365 g/mol. The maximum atomic E-state index is 12.4. The zero-order chi connectivity index (χ0) is 16.5. The molecular weight excluding hydrogens is 345 g/mol. The van der Waals surface area contributed by atoms with Gasteiger partial charge in [0, 0.05) is 5.92 Å². The van der Waals surface area contributed by atoms with Crippen LogP contribution in [-0.2, 0) is 4.79 Å². The number of para-hydroxylation sites is 2. The highest BCUT2D eigenvalue weighted by Gasteiger charge is 2.57. The Morgan fingerprint density at radius 2 is 1.96 bits per heavy atom. The molecule has 1 aromatic rings. The number of piperidine rings is 1. The van der Waals surface area contributed by atoms with Gasteiger partial charge >= 0.3 is 6.18 Å². The minimum atomic E-state index is -4.41. The molecule has 0 bridgehead atoms. The predicted molar refractivity (Wildman–Crippen MR) is 86.5 cm³/mol. The van der Waals surface area contributed by atoms with Gasteiger partial charge in [0.2, 0.25) is 5.91 Å². The molecule has 1 aliphatic heterocycles. The Hall–Kier alpha value is -1.47. The van der Waals surface area contributed by atoms with Gasteiger partial charge in [0.15, 0.2) is 6.61 Å². The molecule has 0 radical (unpaired) electrons. The fourth-order valence-electron chi connectivity index (χ4n) is 3.27. The highest BCUT2D eigenvalue weighted by Crippen LogP contribution is 2.58. The van der Waals surface area contributed by atoms with Crippen molar-refractivity contribution in [3.05, 3.63) is 24.3 Å². The number of halogens is 4. The second-order valence-corrected chi connectivity index (χ2v) is 6.26. The molecule has 1 heterocycles. The van der Waals surface area contributed by atoms with E-state index in [-0.39, 0.29) is 41.1 Å². The van der Waals surface area contributed by atoms with Gasteiger partial charge in [-0.15, -0.1) is 12.4 Å². The summed E-state index contributed by atoms with van der Waals surface area (Å²) in [5, 5.41) is 6.00. The molecule has 1 aromatic carbocycles. The van der Waals surface area contributed by atoms with Crippen molar-refractivity contribution >= 4 is 24.0 Å². The molecule has 2 fully saturated rings. The molecule has 134 valence electrons. The van der Waals surface area contributed by atoms with Crippen LogP contribution in [0, 0.1) is 11.3 Å². The molecule has 1 aliphatic carbocycles. The summed E-state index contributed by atoms with van der Waals surface area (Å²) in [7, 11) is 0. The van der Waals surface area contributed by atoms with E-state index in [2.05, 4.69) is 10.6 Å². The smallest absolute Gasteiger partial charge is 0.422 e. The van der Waals surface area contributed by atoms with Crippen molar-refractivity contribution in [2.45, 2.75) is 25.4 Å². The quantitative estimate of drug-likeness (QED) is 0.861. The van der Waals surface area contributed by atoms with Crippen molar-refractivity contribution in [2.75, 3.05) is 25.0 Å². The topological polar surface area (TPSA) is 50.4 Å². The molecule has 4 nitrogen and oxygen atoms in total. The lowest BCUT2D eigenvalue weighted by atomic mass is 9.92. The van der Waals surface area contributed by atoms with E-state index in [9.17, 15) is 18.0 Å². The van der Waals surface area contributed by atoms with Gasteiger partial charge in [-0.25, -0.2) is 0 Å². The van der Waals surface area contributed by atoms with Crippen LogP contribution in [0.4, 0.5) is 18.9 Å². The summed E-state index contributed by atoms with van der Waals surface area (Å²) in [6.07, 6.45) is -1.62. The molecule has 8 heteroatoms. The molecule has 1 spiro atoms. The summed E-state index contributed by atoms with van der Waals surface area (Å²) in [4.78, 5) is 12.4. The van der Waals surface area contributed by atoms with Crippen molar-refractivity contribution < 1.29 is 22.7 Å². The van der Waals surface area contributed by atoms with Crippen molar-refractivity contribution in [1.29, 1.82) is 0 Å². The third-order valence-corrected chi connectivity index (χ3v) is 4.64. The molecule has 1 unspecified atom stereocenters. The first-order chi connectivity index (χ1) is 10.9. The van der Waals surface area contributed by atoms with E-state index in [1.807, 2.05) is 0 Å². The van der Waals surface area contributed by atoms with Crippen LogP contribution in [0.15, 0.2) is 24.3 Å². The zero-order valence-electron chi connectivity index (χ0n) is 13.0. The summed E-state index contributed by atoms with van der Waals surface area (Å²) < 4.78 is 41.7. The fourth-order valence-corrected chi connectivity index (χ4v) is 3.27. The number of alkyl halides is 3. The van der Waals surface area contributed by atoms with E-state index < -0.39 is 12.8 Å². The number of anilines is 1. The van der Waals surface area contributed by atoms with Crippen LogP contribution in [0.3, 0.4) is 0 Å². The van der Waals surface area contributed by atoms with Crippen LogP contribution >= 0.6 is 12.4 Å². The van der Waals surface area contributed by atoms with Crippen LogP contribution in [-0.4, -0.2) is 31.8 Å². The number of hydrogen-bond acceptors (Lipinski definition) is 3. The Morgan fingerprint density at radius 3 is 2.62 bits per heavy atom. The second-order valence-electron chi connectivity index (χ2n) is 6.26. The van der Waals surface area contributed by atoms with Crippen LogP contribution in [0.5, 0.6) is 5.75 Å². The van der Waals surface area contributed by atoms with Crippen LogP contribution < -0.4 is 15.4 Å². The number of amides is 1. The minimum absolute atomic E-state index is 0. The third-order valence-electron chi connectivity index (χ3n) is 4.64. The van der Waals surface area contributed by atoms with Crippen molar-refractivity contribution in [2.24, 2.45) is 11.3 Å². The molecule has 2 N–H and O–H groups in total. The monoisotopic (exact) mass is 364 g/mol. The molecule has 0 aromatic heterocycles. The SMILES string of the molecule is Cl.O=C(Nc1ccccc1OCC(F)(F)F)C1CC12CCNCC2. The van der Waals surface area contributed by atoms with E-state index in [1.165, 1.54) is 6.07 Å². The fraction of sp³-hybridized carbons (Fsp3) is 0.562. The normalized spacial score (nSPS) is 21.7. The van der Waals surface area contributed by atoms with E-state index in [4.69, 9.17) is 4.74 Å². The number of nitrogens with one attached hydrogen (secondary N) is 2. The van der Waals surface area contributed by atoms with Gasteiger partial charge in [-0.3, -0.25) is 4.79 Å². The molecule has 24 heavy (non-hydrogen) atoms. The molecule has 2 aliphatic rings. The van der Waals surface area contributed by atoms with E-state index in [1.54, 1.807) is 18.2 Å². The predicted octanol–water partition coefficient (Wildman–Crippen LogP) is 3.38. The van der Waals surface area contributed by atoms with Gasteiger partial charge < -0.3 is 15.4 Å². The number of rotatable bonds is 4. The summed E-state index contributed by atoms with van der Waals surface area (Å²) in [6, 6.07) is 6.21. The summed E-state index contributed by atoms with van der Waals surface area (Å²) in [5.74, 6) is -0.145. The Kier molecular flexibility index (Phi) is 5.65. The largest absolute Gasteiger partial charge is 0.482 e. The Bertz CT molecular complexity index is 589. The molecule has 1 saturated heterocycles. The zero-order valence-corrected chi connectivity index (χ0v) is 13.8. The lowest BCUT2D eigenvalue weighted by Crippen LogP contribution is -2.31. The van der Waals surface area contributed by atoms with Gasteiger partial charge in [-0.1, -0.05) is 12.1 Å². The van der Waals surface area contributed by atoms with Gasteiger partial charge in [0.25, 0.3) is 0 Å². The van der Waals surface area contributed by atoms with Gasteiger partial charge in [0.1, 0.15) is 5.75 Å². The van der Waals surface area contributed by atoms with E-state index in [0.29, 0.717) is 0 Å². The van der Waals surface area contributed by atoms with Gasteiger partial charge in [-0.05, 0) is 49.9 Å². The summed E-state index contributed by atoms with van der Waals surface area (Å²) in [5.41, 5.74) is 0.370. The maximum Gasteiger partial charge on any atom is 0.422 e. The molecule has 1 saturated carbocycles. The van der Waals surface area contributed by atoms with Crippen LogP contribution in [0.1, 0.15) is 19.3 Å². The highest BCUT2D eigenvalue weighted by atomic mass is 35.5. The van der Waals surface area contributed by atoms with Crippen molar-refractivity contribution in [1.82, 2.24) is 5.32 Å². The molecule has 1 atom stereocenters. The summed E-state index contributed by atoms with van der Waals surface area (Å²) in [6.45, 7) is 0.447. The first-order valence-electron chi connectivity index (χ1n) is 7.70. The molecule has 1 amide bonds. The standard InChI is InChI=1S/C16H19F3N2O2.ClH/c17-16(18,19)10-23-13-4-2-1-3-12(13)21-14(22)11-9-15(11)5-7-20-8-6-15;/h1-4,11,20H,5-10H2,(H,21,22);1H. The molecule has 3 rings (SSSR count). The first kappa shape index (κ1) is 18.9. The van der Waals surface area contributed by atoms with Crippen LogP contribution in [0.25, 0.3) is 0 Å². The highest BCUT2D eigenvalue weighted by molar-refractivity contribution is 5.96. The van der Waals surface area contributed by atoms with Gasteiger partial charge in [-0.2, -0.15) is 13.2 Å². The van der Waals surface area contributed by atoms with E-state index >= 15 is 0 Å². The number of carbonyl (C=O) groups is 1. The summed E-state index contributed by atoms with van der Waals surface area (Å²) >= 11 is 0. The maximum absolute atomic E-state index is 12.4. The Morgan fingerprint density at radius 1 is 1.29 bits per heavy atom. The third kappa shape index (κ3) is 4.33. The number of hydrogen-bond donors (Lipinski definition) is 2. The first-order valence-corrected chi connectivity index (χ1v) is 7.70. The minimum Gasteiger partial charge on any atom is -0.482 e. The van der Waals surface area contributed by atoms with Crippen molar-refractivity contribution in [3.63, 3.8) is 0 Å². The number of benzene rings is 1. The van der Waals surface area contributed by atoms with E-state index in [0.717, 1.165) is 32.4 Å². The Labute approximate surface area is 144 Å². The number of ether oxygens (including phenoxy) is 1. The Balaban J connectivity index is 0.00000208. The van der Waals surface area contributed by atoms with Crippen LogP contribution in [0.2, 0.25) is 0 Å².